The zero-order valence-electron chi connectivity index (χ0n) is 16.9. The molecule has 2 amide bonds. The molecule has 6 nitrogen and oxygen atoms in total. The third kappa shape index (κ3) is 4.22. The molecule has 2 heterocycles. The number of nitrogens with one attached hydrogen (secondary N) is 2. The molecule has 4 rings (SSSR count). The molecular weight excluding hydrogens is 378 g/mol. The van der Waals surface area contributed by atoms with Gasteiger partial charge in [-0.1, -0.05) is 37.3 Å². The van der Waals surface area contributed by atoms with Crippen LogP contribution in [0.4, 0.5) is 11.4 Å². The molecule has 154 valence electrons. The van der Waals surface area contributed by atoms with E-state index in [4.69, 9.17) is 4.42 Å². The highest BCUT2D eigenvalue weighted by atomic mass is 16.3. The van der Waals surface area contributed by atoms with E-state index in [-0.39, 0.29) is 12.6 Å². The van der Waals surface area contributed by atoms with Gasteiger partial charge in [-0.25, -0.2) is 0 Å². The van der Waals surface area contributed by atoms with E-state index in [1.807, 2.05) is 36.4 Å². The molecule has 0 spiro atoms. The predicted octanol–water partition coefficient (Wildman–Crippen LogP) is 3.70. The molecule has 1 unspecified atom stereocenters. The summed E-state index contributed by atoms with van der Waals surface area (Å²) >= 11 is 0. The molecule has 0 bridgehead atoms. The molecule has 1 aliphatic heterocycles. The number of benzene rings is 2. The van der Waals surface area contributed by atoms with E-state index in [0.29, 0.717) is 5.69 Å². The minimum absolute atomic E-state index is 0.191. The van der Waals surface area contributed by atoms with Gasteiger partial charge in [0.15, 0.2) is 0 Å². The molecule has 6 heteroatoms. The zero-order valence-corrected chi connectivity index (χ0v) is 16.9. The van der Waals surface area contributed by atoms with Crippen molar-refractivity contribution < 1.29 is 14.0 Å². The van der Waals surface area contributed by atoms with Crippen molar-refractivity contribution in [2.75, 3.05) is 23.3 Å². The topological polar surface area (TPSA) is 74.6 Å². The monoisotopic (exact) mass is 403 g/mol. The van der Waals surface area contributed by atoms with Crippen LogP contribution in [0.1, 0.15) is 29.9 Å². The normalized spacial score (nSPS) is 13.6. The highest BCUT2D eigenvalue weighted by Gasteiger charge is 2.29. The summed E-state index contributed by atoms with van der Waals surface area (Å²) in [6.07, 6.45) is 3.48. The Morgan fingerprint density at radius 3 is 2.57 bits per heavy atom. The lowest BCUT2D eigenvalue weighted by Crippen LogP contribution is -2.41. The second kappa shape index (κ2) is 8.86. The Kier molecular flexibility index (Phi) is 5.84. The summed E-state index contributed by atoms with van der Waals surface area (Å²) in [5, 5.41) is 5.42. The molecule has 0 radical (unpaired) electrons. The molecule has 1 aromatic heterocycles. The molecule has 0 saturated heterocycles. The smallest absolute Gasteiger partial charge is 0.313 e. The fourth-order valence-electron chi connectivity index (χ4n) is 3.81. The molecular formula is C24H25N3O3. The SMILES string of the molecule is CCc1ccc(NC(=O)C(=O)NCC(c2ccco2)N2CCc3ccccc32)cc1. The van der Waals surface area contributed by atoms with E-state index < -0.39 is 11.8 Å². The molecule has 2 aromatic carbocycles. The van der Waals surface area contributed by atoms with Crippen molar-refractivity contribution in [2.24, 2.45) is 0 Å². The van der Waals surface area contributed by atoms with Crippen LogP contribution in [0.25, 0.3) is 0 Å². The quantitative estimate of drug-likeness (QED) is 0.616. The number of anilines is 2. The Morgan fingerprint density at radius 1 is 1.03 bits per heavy atom. The first-order valence-electron chi connectivity index (χ1n) is 10.2. The van der Waals surface area contributed by atoms with Crippen molar-refractivity contribution in [1.29, 1.82) is 0 Å². The fraction of sp³-hybridized carbons (Fsp3) is 0.250. The van der Waals surface area contributed by atoms with E-state index in [9.17, 15) is 9.59 Å². The van der Waals surface area contributed by atoms with Crippen molar-refractivity contribution in [3.63, 3.8) is 0 Å². The number of aryl methyl sites for hydroxylation is 1. The number of rotatable bonds is 6. The van der Waals surface area contributed by atoms with Crippen LogP contribution in [0.3, 0.4) is 0 Å². The van der Waals surface area contributed by atoms with Crippen LogP contribution in [-0.4, -0.2) is 24.9 Å². The van der Waals surface area contributed by atoms with Gasteiger partial charge < -0.3 is 20.0 Å². The van der Waals surface area contributed by atoms with Gasteiger partial charge >= 0.3 is 11.8 Å². The summed E-state index contributed by atoms with van der Waals surface area (Å²) in [7, 11) is 0. The number of carbonyl (C=O) groups is 2. The molecule has 0 saturated carbocycles. The number of hydrogen-bond donors (Lipinski definition) is 2. The summed E-state index contributed by atoms with van der Waals surface area (Å²) in [5.74, 6) is -0.597. The molecule has 2 N–H and O–H groups in total. The molecule has 1 atom stereocenters. The van der Waals surface area contributed by atoms with Crippen LogP contribution in [0.5, 0.6) is 0 Å². The number of para-hydroxylation sites is 1. The highest BCUT2D eigenvalue weighted by Crippen LogP contribution is 2.34. The van der Waals surface area contributed by atoms with Gasteiger partial charge in [0.25, 0.3) is 0 Å². The number of amides is 2. The Morgan fingerprint density at radius 2 is 1.83 bits per heavy atom. The van der Waals surface area contributed by atoms with E-state index in [1.165, 1.54) is 11.1 Å². The first-order chi connectivity index (χ1) is 14.7. The standard InChI is InChI=1S/C24H25N3O3/c1-2-17-9-11-19(12-10-17)26-24(29)23(28)25-16-21(22-8-5-15-30-22)27-14-13-18-6-3-4-7-20(18)27/h3-12,15,21H,2,13-14,16H2,1H3,(H,25,28)(H,26,29). The fourth-order valence-corrected chi connectivity index (χ4v) is 3.81. The van der Waals surface area contributed by atoms with E-state index in [0.717, 1.165) is 30.8 Å². The van der Waals surface area contributed by atoms with Crippen molar-refractivity contribution in [3.8, 4) is 0 Å². The molecule has 30 heavy (non-hydrogen) atoms. The summed E-state index contributed by atoms with van der Waals surface area (Å²) in [6, 6.07) is 19.2. The largest absolute Gasteiger partial charge is 0.467 e. The molecule has 0 fully saturated rings. The van der Waals surface area contributed by atoms with E-state index in [2.05, 4.69) is 34.6 Å². The van der Waals surface area contributed by atoms with Crippen molar-refractivity contribution in [3.05, 3.63) is 83.8 Å². The summed E-state index contributed by atoms with van der Waals surface area (Å²) < 4.78 is 5.64. The Bertz CT molecular complexity index is 1010. The minimum atomic E-state index is -0.681. The minimum Gasteiger partial charge on any atom is -0.467 e. The van der Waals surface area contributed by atoms with Gasteiger partial charge in [-0.15, -0.1) is 0 Å². The summed E-state index contributed by atoms with van der Waals surface area (Å²) in [6.45, 7) is 3.16. The average Bonchev–Trinajstić information content (AvgIpc) is 3.45. The highest BCUT2D eigenvalue weighted by molar-refractivity contribution is 6.39. The number of hydrogen-bond acceptors (Lipinski definition) is 4. The van der Waals surface area contributed by atoms with Crippen molar-refractivity contribution >= 4 is 23.2 Å². The third-order valence-electron chi connectivity index (χ3n) is 5.45. The number of fused-ring (bicyclic) bond motifs is 1. The average molecular weight is 403 g/mol. The van der Waals surface area contributed by atoms with Crippen LogP contribution < -0.4 is 15.5 Å². The van der Waals surface area contributed by atoms with Gasteiger partial charge in [0, 0.05) is 24.5 Å². The Hall–Kier alpha value is -3.54. The Labute approximate surface area is 175 Å². The number of nitrogens with zero attached hydrogens (tertiary/aromatic N) is 1. The van der Waals surface area contributed by atoms with Crippen molar-refractivity contribution in [1.82, 2.24) is 5.32 Å². The third-order valence-corrected chi connectivity index (χ3v) is 5.45. The Balaban J connectivity index is 1.42. The van der Waals surface area contributed by atoms with Gasteiger partial charge in [-0.05, 0) is 54.3 Å². The molecule has 0 aliphatic carbocycles. The van der Waals surface area contributed by atoms with Gasteiger partial charge in [0.2, 0.25) is 0 Å². The maximum absolute atomic E-state index is 12.4. The lowest BCUT2D eigenvalue weighted by molar-refractivity contribution is -0.136. The van der Waals surface area contributed by atoms with Gasteiger partial charge in [-0.2, -0.15) is 0 Å². The van der Waals surface area contributed by atoms with Gasteiger partial charge in [0.1, 0.15) is 11.8 Å². The van der Waals surface area contributed by atoms with Crippen LogP contribution in [0.2, 0.25) is 0 Å². The van der Waals surface area contributed by atoms with Crippen LogP contribution in [0.15, 0.2) is 71.3 Å². The summed E-state index contributed by atoms with van der Waals surface area (Å²) in [4.78, 5) is 27.0. The lowest BCUT2D eigenvalue weighted by atomic mass is 10.1. The number of carbonyl (C=O) groups excluding carboxylic acids is 2. The summed E-state index contributed by atoms with van der Waals surface area (Å²) in [5.41, 5.74) is 4.18. The lowest BCUT2D eigenvalue weighted by Gasteiger charge is -2.29. The first kappa shape index (κ1) is 19.8. The van der Waals surface area contributed by atoms with Gasteiger partial charge in [0.05, 0.1) is 6.26 Å². The van der Waals surface area contributed by atoms with E-state index >= 15 is 0 Å². The second-order valence-corrected chi connectivity index (χ2v) is 7.32. The van der Waals surface area contributed by atoms with Crippen LogP contribution >= 0.6 is 0 Å². The maximum Gasteiger partial charge on any atom is 0.313 e. The van der Waals surface area contributed by atoms with Crippen LogP contribution in [0, 0.1) is 0 Å². The maximum atomic E-state index is 12.4. The van der Waals surface area contributed by atoms with Crippen molar-refractivity contribution in [2.45, 2.75) is 25.8 Å². The first-order valence-corrected chi connectivity index (χ1v) is 10.2. The number of furan rings is 1. The predicted molar refractivity (Wildman–Crippen MR) is 116 cm³/mol. The molecule has 1 aliphatic rings. The zero-order chi connectivity index (χ0) is 20.9. The van der Waals surface area contributed by atoms with E-state index in [1.54, 1.807) is 18.4 Å². The van der Waals surface area contributed by atoms with Gasteiger partial charge in [-0.3, -0.25) is 9.59 Å². The molecule has 3 aromatic rings. The second-order valence-electron chi connectivity index (χ2n) is 7.32. The van der Waals surface area contributed by atoms with Crippen LogP contribution in [-0.2, 0) is 22.4 Å².